The van der Waals surface area contributed by atoms with Crippen molar-refractivity contribution in [3.63, 3.8) is 0 Å². The van der Waals surface area contributed by atoms with Gasteiger partial charge in [0.15, 0.2) is 11.6 Å². The maximum atomic E-state index is 13.4. The number of hydrogen-bond acceptors (Lipinski definition) is 3. The first-order valence-electron chi connectivity index (χ1n) is 4.49. The molecular weight excluding hydrogens is 275 g/mol. The largest absolute Gasteiger partial charge is 0.436 e. The highest BCUT2D eigenvalue weighted by atomic mass is 79.9. The molecule has 1 heterocycles. The van der Waals surface area contributed by atoms with Gasteiger partial charge in [-0.05, 0) is 24.3 Å². The third kappa shape index (κ3) is 2.49. The number of hydrogen-bond donors (Lipinski definition) is 1. The molecule has 0 saturated heterocycles. The molecule has 5 heteroatoms. The summed E-state index contributed by atoms with van der Waals surface area (Å²) >= 11 is 3.16. The SMILES string of the molecule is Nc1ccc(Oc2ccc(Br)cc2F)nc1. The van der Waals surface area contributed by atoms with Crippen molar-refractivity contribution in [2.45, 2.75) is 0 Å². The van der Waals surface area contributed by atoms with Gasteiger partial charge in [0.2, 0.25) is 5.88 Å². The number of nitrogen functional groups attached to an aromatic ring is 1. The van der Waals surface area contributed by atoms with Crippen LogP contribution in [0.4, 0.5) is 10.1 Å². The summed E-state index contributed by atoms with van der Waals surface area (Å²) in [6.07, 6.45) is 1.45. The molecule has 0 aliphatic carbocycles. The molecule has 0 fully saturated rings. The summed E-state index contributed by atoms with van der Waals surface area (Å²) in [6, 6.07) is 7.76. The van der Waals surface area contributed by atoms with Crippen LogP contribution in [0.2, 0.25) is 0 Å². The van der Waals surface area contributed by atoms with Gasteiger partial charge in [-0.1, -0.05) is 15.9 Å². The Morgan fingerprint density at radius 2 is 2.06 bits per heavy atom. The zero-order valence-electron chi connectivity index (χ0n) is 8.15. The average Bonchev–Trinajstić information content (AvgIpc) is 2.25. The van der Waals surface area contributed by atoms with Gasteiger partial charge < -0.3 is 10.5 Å². The van der Waals surface area contributed by atoms with E-state index in [-0.39, 0.29) is 5.75 Å². The van der Waals surface area contributed by atoms with Crippen molar-refractivity contribution >= 4 is 21.6 Å². The minimum atomic E-state index is -0.451. The van der Waals surface area contributed by atoms with E-state index in [0.717, 1.165) is 0 Å². The summed E-state index contributed by atoms with van der Waals surface area (Å²) in [5.41, 5.74) is 6.00. The Morgan fingerprint density at radius 3 is 2.69 bits per heavy atom. The van der Waals surface area contributed by atoms with Gasteiger partial charge in [-0.2, -0.15) is 0 Å². The summed E-state index contributed by atoms with van der Waals surface area (Å²) < 4.78 is 19.3. The number of benzene rings is 1. The number of anilines is 1. The number of aromatic nitrogens is 1. The van der Waals surface area contributed by atoms with Crippen LogP contribution in [0.1, 0.15) is 0 Å². The molecule has 2 aromatic rings. The monoisotopic (exact) mass is 282 g/mol. The predicted molar refractivity (Wildman–Crippen MR) is 62.8 cm³/mol. The first-order valence-corrected chi connectivity index (χ1v) is 5.29. The van der Waals surface area contributed by atoms with E-state index in [4.69, 9.17) is 10.5 Å². The Bertz CT molecular complexity index is 502. The maximum Gasteiger partial charge on any atom is 0.219 e. The zero-order chi connectivity index (χ0) is 11.5. The fraction of sp³-hybridized carbons (Fsp3) is 0. The predicted octanol–water partition coefficient (Wildman–Crippen LogP) is 3.36. The van der Waals surface area contributed by atoms with Gasteiger partial charge in [0.25, 0.3) is 0 Å². The number of ether oxygens (including phenoxy) is 1. The first-order chi connectivity index (χ1) is 7.65. The second-order valence-corrected chi connectivity index (χ2v) is 4.02. The molecule has 0 radical (unpaired) electrons. The highest BCUT2D eigenvalue weighted by molar-refractivity contribution is 9.10. The summed E-state index contributed by atoms with van der Waals surface area (Å²) in [5, 5.41) is 0. The molecule has 0 amide bonds. The zero-order valence-corrected chi connectivity index (χ0v) is 9.74. The maximum absolute atomic E-state index is 13.4. The topological polar surface area (TPSA) is 48.1 Å². The molecule has 2 rings (SSSR count). The number of nitrogens with two attached hydrogens (primary N) is 1. The number of pyridine rings is 1. The lowest BCUT2D eigenvalue weighted by Crippen LogP contribution is -1.92. The molecule has 1 aromatic carbocycles. The van der Waals surface area contributed by atoms with Crippen molar-refractivity contribution in [1.29, 1.82) is 0 Å². The van der Waals surface area contributed by atoms with Crippen molar-refractivity contribution in [2.24, 2.45) is 0 Å². The summed E-state index contributed by atoms with van der Waals surface area (Å²) in [5.74, 6) is -0.0242. The van der Waals surface area contributed by atoms with E-state index < -0.39 is 5.82 Å². The highest BCUT2D eigenvalue weighted by Crippen LogP contribution is 2.25. The Kier molecular flexibility index (Phi) is 3.05. The molecule has 0 aliphatic heterocycles. The highest BCUT2D eigenvalue weighted by Gasteiger charge is 2.05. The smallest absolute Gasteiger partial charge is 0.219 e. The third-order valence-corrected chi connectivity index (χ3v) is 2.36. The Labute approximate surface area is 100 Å². The van der Waals surface area contributed by atoms with E-state index in [1.54, 1.807) is 18.2 Å². The summed E-state index contributed by atoms with van der Waals surface area (Å²) in [4.78, 5) is 3.91. The van der Waals surface area contributed by atoms with Gasteiger partial charge >= 0.3 is 0 Å². The molecule has 0 aliphatic rings. The van der Waals surface area contributed by atoms with Gasteiger partial charge in [0, 0.05) is 10.5 Å². The third-order valence-electron chi connectivity index (χ3n) is 1.87. The Morgan fingerprint density at radius 1 is 1.25 bits per heavy atom. The van der Waals surface area contributed by atoms with Gasteiger partial charge in [-0.15, -0.1) is 0 Å². The lowest BCUT2D eigenvalue weighted by molar-refractivity contribution is 0.427. The van der Waals surface area contributed by atoms with E-state index in [0.29, 0.717) is 16.0 Å². The van der Waals surface area contributed by atoms with Crippen LogP contribution in [0.5, 0.6) is 11.6 Å². The van der Waals surface area contributed by atoms with Crippen LogP contribution < -0.4 is 10.5 Å². The molecule has 0 saturated carbocycles. The van der Waals surface area contributed by atoms with E-state index in [2.05, 4.69) is 20.9 Å². The van der Waals surface area contributed by atoms with Crippen molar-refractivity contribution in [2.75, 3.05) is 5.73 Å². The summed E-state index contributed by atoms with van der Waals surface area (Å²) in [7, 11) is 0. The van der Waals surface area contributed by atoms with Crippen molar-refractivity contribution < 1.29 is 9.13 Å². The minimum absolute atomic E-state index is 0.125. The van der Waals surface area contributed by atoms with Crippen LogP contribution >= 0.6 is 15.9 Å². The quantitative estimate of drug-likeness (QED) is 0.919. The van der Waals surface area contributed by atoms with Gasteiger partial charge in [-0.25, -0.2) is 9.37 Å². The van der Waals surface area contributed by atoms with E-state index in [9.17, 15) is 4.39 Å². The van der Waals surface area contributed by atoms with Crippen molar-refractivity contribution in [1.82, 2.24) is 4.98 Å². The normalized spacial score (nSPS) is 10.1. The molecular formula is C11H8BrFN2O. The second-order valence-electron chi connectivity index (χ2n) is 3.11. The van der Waals surface area contributed by atoms with E-state index in [1.807, 2.05) is 0 Å². The van der Waals surface area contributed by atoms with Gasteiger partial charge in [0.1, 0.15) is 0 Å². The molecule has 0 unspecified atom stereocenters. The first kappa shape index (κ1) is 10.9. The van der Waals surface area contributed by atoms with Crippen LogP contribution in [0.25, 0.3) is 0 Å². The fourth-order valence-electron chi connectivity index (χ4n) is 1.12. The summed E-state index contributed by atoms with van der Waals surface area (Å²) in [6.45, 7) is 0. The molecule has 3 nitrogen and oxygen atoms in total. The number of nitrogens with zero attached hydrogens (tertiary/aromatic N) is 1. The molecule has 82 valence electrons. The average molecular weight is 283 g/mol. The van der Waals surface area contributed by atoms with Crippen LogP contribution in [0.3, 0.4) is 0 Å². The molecule has 0 bridgehead atoms. The molecule has 16 heavy (non-hydrogen) atoms. The lowest BCUT2D eigenvalue weighted by Gasteiger charge is -2.05. The minimum Gasteiger partial charge on any atom is -0.436 e. The van der Waals surface area contributed by atoms with E-state index >= 15 is 0 Å². The molecule has 0 spiro atoms. The van der Waals surface area contributed by atoms with Crippen LogP contribution in [-0.2, 0) is 0 Å². The molecule has 2 N–H and O–H groups in total. The van der Waals surface area contributed by atoms with Gasteiger partial charge in [-0.3, -0.25) is 0 Å². The number of halogens is 2. The van der Waals surface area contributed by atoms with Gasteiger partial charge in [0.05, 0.1) is 11.9 Å². The number of rotatable bonds is 2. The Balaban J connectivity index is 2.23. The Hall–Kier alpha value is -1.62. The van der Waals surface area contributed by atoms with Crippen molar-refractivity contribution in [3.05, 3.63) is 46.8 Å². The molecule has 1 aromatic heterocycles. The fourth-order valence-corrected chi connectivity index (χ4v) is 1.46. The van der Waals surface area contributed by atoms with Crippen LogP contribution in [-0.4, -0.2) is 4.98 Å². The van der Waals surface area contributed by atoms with Crippen LogP contribution in [0, 0.1) is 5.82 Å². The van der Waals surface area contributed by atoms with Crippen molar-refractivity contribution in [3.8, 4) is 11.6 Å². The molecule has 0 atom stereocenters. The standard InChI is InChI=1S/C11H8BrFN2O/c12-7-1-3-10(9(13)5-7)16-11-4-2-8(14)6-15-11/h1-6H,14H2. The second kappa shape index (κ2) is 4.49. The van der Waals surface area contributed by atoms with Crippen LogP contribution in [0.15, 0.2) is 41.0 Å². The van der Waals surface area contributed by atoms with E-state index in [1.165, 1.54) is 18.3 Å². The lowest BCUT2D eigenvalue weighted by atomic mass is 10.3.